The van der Waals surface area contributed by atoms with E-state index < -0.39 is 11.5 Å². The smallest absolute Gasteiger partial charge is 0.356 e. The summed E-state index contributed by atoms with van der Waals surface area (Å²) in [6.07, 6.45) is 5.39. The molecule has 0 aliphatic carbocycles. The summed E-state index contributed by atoms with van der Waals surface area (Å²) in [5.41, 5.74) is 6.15. The number of benzene rings is 4. The highest BCUT2D eigenvalue weighted by molar-refractivity contribution is 5.89. The molecule has 0 N–H and O–H groups in total. The summed E-state index contributed by atoms with van der Waals surface area (Å²) in [4.78, 5) is 16.9. The zero-order valence-corrected chi connectivity index (χ0v) is 23.8. The van der Waals surface area contributed by atoms with Crippen LogP contribution in [0.4, 0.5) is 4.39 Å². The second-order valence-electron chi connectivity index (χ2n) is 10.4. The second kappa shape index (κ2) is 11.1. The van der Waals surface area contributed by atoms with E-state index in [0.717, 1.165) is 33.4 Å². The Hall–Kier alpha value is -5.82. The summed E-state index contributed by atoms with van der Waals surface area (Å²) in [6, 6.07) is 41.0. The van der Waals surface area contributed by atoms with Crippen LogP contribution in [-0.2, 0) is 10.3 Å². The Morgan fingerprint density at radius 2 is 1.25 bits per heavy atom. The van der Waals surface area contributed by atoms with Crippen LogP contribution >= 0.6 is 0 Å². The van der Waals surface area contributed by atoms with Crippen LogP contribution in [0.1, 0.15) is 27.2 Å². The van der Waals surface area contributed by atoms with Gasteiger partial charge in [-0.25, -0.2) is 14.2 Å². The van der Waals surface area contributed by atoms with Crippen LogP contribution in [0.15, 0.2) is 146 Å². The molecule has 0 unspecified atom stereocenters. The SMILES string of the molecule is COC(=O)c1cnc2ccc(-c3cn(C(c4ccccc4)(c4ccccc4)c4ccccc4)nc3-c3ccc(F)cc3)cn12. The van der Waals surface area contributed by atoms with Gasteiger partial charge in [-0.3, -0.25) is 9.08 Å². The molecule has 4 aromatic carbocycles. The second-order valence-corrected chi connectivity index (χ2v) is 10.4. The van der Waals surface area contributed by atoms with Gasteiger partial charge in [0.2, 0.25) is 0 Å². The molecule has 44 heavy (non-hydrogen) atoms. The number of fused-ring (bicyclic) bond motifs is 1. The van der Waals surface area contributed by atoms with Gasteiger partial charge in [0.25, 0.3) is 0 Å². The Morgan fingerprint density at radius 1 is 0.705 bits per heavy atom. The summed E-state index contributed by atoms with van der Waals surface area (Å²) in [5.74, 6) is -0.815. The van der Waals surface area contributed by atoms with Gasteiger partial charge in [0, 0.05) is 29.1 Å². The highest BCUT2D eigenvalue weighted by Crippen LogP contribution is 2.43. The van der Waals surface area contributed by atoms with Gasteiger partial charge in [-0.15, -0.1) is 0 Å². The van der Waals surface area contributed by atoms with Gasteiger partial charge < -0.3 is 4.74 Å². The third-order valence-electron chi connectivity index (χ3n) is 7.96. The highest BCUT2D eigenvalue weighted by Gasteiger charge is 2.40. The topological polar surface area (TPSA) is 61.4 Å². The number of aromatic nitrogens is 4. The van der Waals surface area contributed by atoms with Crippen molar-refractivity contribution in [3.8, 4) is 22.4 Å². The monoisotopic (exact) mass is 578 g/mol. The van der Waals surface area contributed by atoms with Gasteiger partial charge in [0.1, 0.15) is 22.7 Å². The lowest BCUT2D eigenvalue weighted by Crippen LogP contribution is -2.38. The molecule has 0 bridgehead atoms. The van der Waals surface area contributed by atoms with Crippen LogP contribution in [0.3, 0.4) is 0 Å². The summed E-state index contributed by atoms with van der Waals surface area (Å²) < 4.78 is 22.8. The quantitative estimate of drug-likeness (QED) is 0.144. The molecule has 0 amide bonds. The molecule has 0 fully saturated rings. The normalized spacial score (nSPS) is 11.5. The Bertz CT molecular complexity index is 1970. The molecule has 7 rings (SSSR count). The van der Waals surface area contributed by atoms with Crippen molar-refractivity contribution in [3.63, 3.8) is 0 Å². The molecule has 0 radical (unpaired) electrons. The first-order valence-electron chi connectivity index (χ1n) is 14.2. The van der Waals surface area contributed by atoms with Gasteiger partial charge in [-0.2, -0.15) is 5.10 Å². The number of carbonyl (C=O) groups excluding carboxylic acids is 1. The first-order chi connectivity index (χ1) is 21.6. The molecule has 0 saturated heterocycles. The maximum Gasteiger partial charge on any atom is 0.356 e. The number of esters is 1. The molecule has 0 atom stereocenters. The average molecular weight is 579 g/mol. The lowest BCUT2D eigenvalue weighted by atomic mass is 9.77. The minimum Gasteiger partial charge on any atom is -0.464 e. The molecule has 0 aliphatic heterocycles. The number of imidazole rings is 1. The fourth-order valence-corrected chi connectivity index (χ4v) is 5.91. The van der Waals surface area contributed by atoms with Crippen molar-refractivity contribution in [3.05, 3.63) is 174 Å². The lowest BCUT2D eigenvalue weighted by Gasteiger charge is -2.36. The van der Waals surface area contributed by atoms with E-state index in [2.05, 4.69) is 41.4 Å². The number of pyridine rings is 1. The largest absolute Gasteiger partial charge is 0.464 e. The molecule has 3 heterocycles. The van der Waals surface area contributed by atoms with E-state index in [-0.39, 0.29) is 5.82 Å². The number of ether oxygens (including phenoxy) is 1. The molecule has 214 valence electrons. The van der Waals surface area contributed by atoms with Crippen molar-refractivity contribution in [2.45, 2.75) is 5.54 Å². The van der Waals surface area contributed by atoms with Crippen LogP contribution < -0.4 is 0 Å². The van der Waals surface area contributed by atoms with Gasteiger partial charge >= 0.3 is 5.97 Å². The van der Waals surface area contributed by atoms with Crippen LogP contribution in [0.2, 0.25) is 0 Å². The molecule has 3 aromatic heterocycles. The van der Waals surface area contributed by atoms with E-state index in [1.54, 1.807) is 16.5 Å². The molecular weight excluding hydrogens is 551 g/mol. The Labute approximate surface area is 253 Å². The fraction of sp³-hybridized carbons (Fsp3) is 0.0541. The fourth-order valence-electron chi connectivity index (χ4n) is 5.91. The van der Waals surface area contributed by atoms with Crippen molar-refractivity contribution in [1.82, 2.24) is 19.2 Å². The first-order valence-corrected chi connectivity index (χ1v) is 14.2. The van der Waals surface area contributed by atoms with E-state index in [0.29, 0.717) is 17.0 Å². The standard InChI is InChI=1S/C37H27FN4O2/c1-44-36(43)33-23-39-34-22-19-27(24-41(33)34)32-25-42(40-35(32)26-17-20-31(38)21-18-26)37(28-11-5-2-6-12-28,29-13-7-3-8-14-29)30-15-9-4-10-16-30/h2-25H,1H3. The molecule has 6 nitrogen and oxygen atoms in total. The third-order valence-corrected chi connectivity index (χ3v) is 7.96. The molecule has 7 heteroatoms. The summed E-state index contributed by atoms with van der Waals surface area (Å²) in [6.45, 7) is 0. The zero-order valence-electron chi connectivity index (χ0n) is 23.8. The predicted molar refractivity (Wildman–Crippen MR) is 168 cm³/mol. The van der Waals surface area contributed by atoms with Crippen LogP contribution in [0, 0.1) is 5.82 Å². The van der Waals surface area contributed by atoms with E-state index in [1.165, 1.54) is 25.4 Å². The molecular formula is C37H27FN4O2. The third kappa shape index (κ3) is 4.46. The van der Waals surface area contributed by atoms with Crippen molar-refractivity contribution in [1.29, 1.82) is 0 Å². The highest BCUT2D eigenvalue weighted by atomic mass is 19.1. The summed E-state index contributed by atoms with van der Waals surface area (Å²) in [5, 5.41) is 5.31. The number of rotatable bonds is 7. The Morgan fingerprint density at radius 3 is 1.80 bits per heavy atom. The molecule has 7 aromatic rings. The first kappa shape index (κ1) is 27.0. The summed E-state index contributed by atoms with van der Waals surface area (Å²) in [7, 11) is 1.35. The van der Waals surface area contributed by atoms with Crippen LogP contribution in [0.5, 0.6) is 0 Å². The van der Waals surface area contributed by atoms with Crippen molar-refractivity contribution in [2.24, 2.45) is 0 Å². The zero-order chi connectivity index (χ0) is 30.1. The number of hydrogen-bond donors (Lipinski definition) is 0. The lowest BCUT2D eigenvalue weighted by molar-refractivity contribution is 0.0593. The molecule has 0 spiro atoms. The van der Waals surface area contributed by atoms with Crippen molar-refractivity contribution < 1.29 is 13.9 Å². The van der Waals surface area contributed by atoms with Crippen LogP contribution in [-0.4, -0.2) is 32.2 Å². The molecule has 0 aliphatic rings. The summed E-state index contributed by atoms with van der Waals surface area (Å²) >= 11 is 0. The van der Waals surface area contributed by atoms with Gasteiger partial charge in [-0.1, -0.05) is 91.0 Å². The Balaban J connectivity index is 1.56. The number of halogens is 1. The predicted octanol–water partition coefficient (Wildman–Crippen LogP) is 7.63. The van der Waals surface area contributed by atoms with E-state index in [4.69, 9.17) is 9.84 Å². The Kier molecular flexibility index (Phi) is 6.83. The van der Waals surface area contributed by atoms with Gasteiger partial charge in [-0.05, 0) is 53.1 Å². The minimum atomic E-state index is -0.854. The van der Waals surface area contributed by atoms with Crippen molar-refractivity contribution >= 4 is 11.6 Å². The van der Waals surface area contributed by atoms with Crippen molar-refractivity contribution in [2.75, 3.05) is 7.11 Å². The number of hydrogen-bond acceptors (Lipinski definition) is 4. The number of carbonyl (C=O) groups is 1. The van der Waals surface area contributed by atoms with Gasteiger partial charge in [0.15, 0.2) is 5.69 Å². The minimum absolute atomic E-state index is 0.312. The molecule has 0 saturated carbocycles. The van der Waals surface area contributed by atoms with E-state index >= 15 is 0 Å². The average Bonchev–Trinajstić information content (AvgIpc) is 3.72. The van der Waals surface area contributed by atoms with E-state index in [9.17, 15) is 9.18 Å². The van der Waals surface area contributed by atoms with Gasteiger partial charge in [0.05, 0.1) is 13.3 Å². The maximum absolute atomic E-state index is 14.1. The van der Waals surface area contributed by atoms with E-state index in [1.807, 2.05) is 83.8 Å². The maximum atomic E-state index is 14.1. The number of methoxy groups -OCH3 is 1. The van der Waals surface area contributed by atoms with Crippen LogP contribution in [0.25, 0.3) is 28.0 Å². The number of nitrogens with zero attached hydrogens (tertiary/aromatic N) is 4.